The van der Waals surface area contributed by atoms with Crippen molar-refractivity contribution in [3.63, 3.8) is 0 Å². The molecule has 0 saturated heterocycles. The van der Waals surface area contributed by atoms with Gasteiger partial charge in [-0.2, -0.15) is 0 Å². The zero-order valence-corrected chi connectivity index (χ0v) is 10.9. The van der Waals surface area contributed by atoms with Gasteiger partial charge < -0.3 is 5.32 Å². The van der Waals surface area contributed by atoms with Gasteiger partial charge in [-0.3, -0.25) is 4.98 Å². The van der Waals surface area contributed by atoms with Crippen LogP contribution in [-0.4, -0.2) is 4.98 Å². The van der Waals surface area contributed by atoms with Crippen LogP contribution in [0.5, 0.6) is 0 Å². The molecule has 2 rings (SSSR count). The van der Waals surface area contributed by atoms with Crippen LogP contribution in [0.4, 0.5) is 5.69 Å². The molecule has 0 fully saturated rings. The Balaban J connectivity index is 2.05. The van der Waals surface area contributed by atoms with Crippen molar-refractivity contribution in [3.05, 3.63) is 44.3 Å². The lowest BCUT2D eigenvalue weighted by Gasteiger charge is -2.06. The fourth-order valence-corrected chi connectivity index (χ4v) is 2.50. The van der Waals surface area contributed by atoms with Crippen LogP contribution >= 0.6 is 38.9 Å². The van der Waals surface area contributed by atoms with Crippen LogP contribution in [0.2, 0.25) is 5.02 Å². The third-order valence-electron chi connectivity index (χ3n) is 1.87. The predicted molar refractivity (Wildman–Crippen MR) is 68.6 cm³/mol. The molecule has 0 amide bonds. The van der Waals surface area contributed by atoms with E-state index in [9.17, 15) is 0 Å². The van der Waals surface area contributed by atoms with Crippen LogP contribution in [0.25, 0.3) is 0 Å². The fraction of sp³-hybridized carbons (Fsp3) is 0.100. The summed E-state index contributed by atoms with van der Waals surface area (Å²) < 4.78 is 0.972. The minimum atomic E-state index is 0.727. The molecule has 1 heterocycles. The maximum Gasteiger partial charge on any atom is 0.0794 e. The first kappa shape index (κ1) is 10.9. The van der Waals surface area contributed by atoms with Gasteiger partial charge in [-0.25, -0.2) is 0 Å². The third-order valence-corrected chi connectivity index (χ3v) is 3.54. The highest BCUT2D eigenvalue weighted by atomic mass is 79.9. The van der Waals surface area contributed by atoms with Crippen LogP contribution in [0.1, 0.15) is 4.88 Å². The van der Waals surface area contributed by atoms with Crippen molar-refractivity contribution in [2.75, 3.05) is 5.32 Å². The Morgan fingerprint density at radius 2 is 2.33 bits per heavy atom. The van der Waals surface area contributed by atoms with E-state index in [4.69, 9.17) is 11.6 Å². The van der Waals surface area contributed by atoms with E-state index in [0.717, 1.165) is 21.7 Å². The highest BCUT2D eigenvalue weighted by molar-refractivity contribution is 9.10. The van der Waals surface area contributed by atoms with Crippen molar-refractivity contribution in [2.24, 2.45) is 0 Å². The molecule has 0 spiro atoms. The Kier molecular flexibility index (Phi) is 3.61. The number of halogens is 2. The number of benzene rings is 1. The molecule has 0 bridgehead atoms. The largest absolute Gasteiger partial charge is 0.379 e. The molecule has 2 nitrogen and oxygen atoms in total. The molecular weight excluding hydrogens is 296 g/mol. The zero-order valence-electron chi connectivity index (χ0n) is 7.71. The van der Waals surface area contributed by atoms with E-state index >= 15 is 0 Å². The molecule has 0 saturated carbocycles. The van der Waals surface area contributed by atoms with E-state index in [2.05, 4.69) is 26.2 Å². The number of hydrogen-bond donors (Lipinski definition) is 1. The molecule has 1 aromatic carbocycles. The summed E-state index contributed by atoms with van der Waals surface area (Å²) in [5.74, 6) is 0. The third kappa shape index (κ3) is 2.93. The van der Waals surface area contributed by atoms with Gasteiger partial charge in [0.05, 0.1) is 12.1 Å². The number of aromatic nitrogens is 1. The van der Waals surface area contributed by atoms with Crippen molar-refractivity contribution in [3.8, 4) is 0 Å². The minimum absolute atomic E-state index is 0.727. The minimum Gasteiger partial charge on any atom is -0.379 e. The quantitative estimate of drug-likeness (QED) is 0.920. The lowest BCUT2D eigenvalue weighted by Crippen LogP contribution is -1.97. The smallest absolute Gasteiger partial charge is 0.0794 e. The molecule has 2 aromatic rings. The van der Waals surface area contributed by atoms with Gasteiger partial charge in [0.1, 0.15) is 0 Å². The number of nitrogens with one attached hydrogen (secondary N) is 1. The fourth-order valence-electron chi connectivity index (χ4n) is 1.14. The van der Waals surface area contributed by atoms with E-state index in [1.807, 2.05) is 29.9 Å². The normalized spacial score (nSPS) is 10.3. The maximum atomic E-state index is 5.85. The summed E-state index contributed by atoms with van der Waals surface area (Å²) in [4.78, 5) is 5.22. The predicted octanol–water partition coefficient (Wildman–Crippen LogP) is 4.17. The number of anilines is 1. The van der Waals surface area contributed by atoms with Gasteiger partial charge in [0.2, 0.25) is 0 Å². The van der Waals surface area contributed by atoms with E-state index in [0.29, 0.717) is 0 Å². The molecule has 78 valence electrons. The van der Waals surface area contributed by atoms with Crippen molar-refractivity contribution < 1.29 is 0 Å². The average Bonchev–Trinajstić information content (AvgIpc) is 2.69. The molecule has 0 aliphatic heterocycles. The van der Waals surface area contributed by atoms with Gasteiger partial charge in [0.15, 0.2) is 0 Å². The van der Waals surface area contributed by atoms with Gasteiger partial charge in [0.25, 0.3) is 0 Å². The van der Waals surface area contributed by atoms with Gasteiger partial charge in [0, 0.05) is 26.3 Å². The summed E-state index contributed by atoms with van der Waals surface area (Å²) >= 11 is 10.9. The van der Waals surface area contributed by atoms with Crippen LogP contribution in [0.3, 0.4) is 0 Å². The van der Waals surface area contributed by atoms with Gasteiger partial charge in [-0.15, -0.1) is 11.3 Å². The van der Waals surface area contributed by atoms with Crippen LogP contribution in [-0.2, 0) is 6.54 Å². The van der Waals surface area contributed by atoms with E-state index in [1.165, 1.54) is 4.88 Å². The molecule has 0 aliphatic rings. The summed E-state index contributed by atoms with van der Waals surface area (Å²) in [7, 11) is 0. The Bertz CT molecular complexity index is 445. The summed E-state index contributed by atoms with van der Waals surface area (Å²) in [6.45, 7) is 0.783. The van der Waals surface area contributed by atoms with Gasteiger partial charge >= 0.3 is 0 Å². The topological polar surface area (TPSA) is 24.9 Å². The molecule has 0 aliphatic carbocycles. The number of rotatable bonds is 3. The van der Waals surface area contributed by atoms with Gasteiger partial charge in [-0.1, -0.05) is 11.6 Å². The first-order valence-electron chi connectivity index (χ1n) is 4.32. The number of thiazole rings is 1. The SMILES string of the molecule is Clc1ccc(NCc2cncs2)c(Br)c1. The lowest BCUT2D eigenvalue weighted by molar-refractivity contribution is 1.17. The standard InChI is InChI=1S/C10H8BrClN2S/c11-9-3-7(12)1-2-10(9)14-5-8-4-13-6-15-8/h1-4,6,14H,5H2. The Morgan fingerprint density at radius 1 is 1.47 bits per heavy atom. The maximum absolute atomic E-state index is 5.85. The first-order valence-corrected chi connectivity index (χ1v) is 6.37. The van der Waals surface area contributed by atoms with E-state index in [1.54, 1.807) is 11.3 Å². The van der Waals surface area contributed by atoms with Crippen molar-refractivity contribution in [2.45, 2.75) is 6.54 Å². The number of hydrogen-bond acceptors (Lipinski definition) is 3. The van der Waals surface area contributed by atoms with Crippen LogP contribution < -0.4 is 5.32 Å². The Hall–Kier alpha value is -0.580. The second-order valence-corrected chi connectivity index (χ2v) is 5.21. The van der Waals surface area contributed by atoms with E-state index < -0.39 is 0 Å². The van der Waals surface area contributed by atoms with Crippen molar-refractivity contribution >= 4 is 44.6 Å². The molecule has 1 aromatic heterocycles. The molecule has 0 radical (unpaired) electrons. The summed E-state index contributed by atoms with van der Waals surface area (Å²) in [5.41, 5.74) is 2.86. The second kappa shape index (κ2) is 4.96. The Morgan fingerprint density at radius 3 is 3.00 bits per heavy atom. The average molecular weight is 304 g/mol. The number of nitrogens with zero attached hydrogens (tertiary/aromatic N) is 1. The highest BCUT2D eigenvalue weighted by Gasteiger charge is 2.00. The summed E-state index contributed by atoms with van der Waals surface area (Å²) in [5, 5.41) is 4.03. The summed E-state index contributed by atoms with van der Waals surface area (Å²) in [6, 6.07) is 5.69. The zero-order chi connectivity index (χ0) is 10.7. The van der Waals surface area contributed by atoms with E-state index in [-0.39, 0.29) is 0 Å². The Labute approximate surface area is 105 Å². The van der Waals surface area contributed by atoms with Crippen LogP contribution in [0.15, 0.2) is 34.4 Å². The molecule has 0 atom stereocenters. The molecule has 0 unspecified atom stereocenters. The molecule has 5 heteroatoms. The molecule has 1 N–H and O–H groups in total. The van der Waals surface area contributed by atoms with Crippen molar-refractivity contribution in [1.82, 2.24) is 4.98 Å². The van der Waals surface area contributed by atoms with Gasteiger partial charge in [-0.05, 0) is 34.1 Å². The molecular formula is C10H8BrClN2S. The van der Waals surface area contributed by atoms with Crippen LogP contribution in [0, 0.1) is 0 Å². The first-order chi connectivity index (χ1) is 7.25. The monoisotopic (exact) mass is 302 g/mol. The second-order valence-electron chi connectivity index (χ2n) is 2.95. The highest BCUT2D eigenvalue weighted by Crippen LogP contribution is 2.26. The summed E-state index contributed by atoms with van der Waals surface area (Å²) in [6.07, 6.45) is 1.86. The lowest BCUT2D eigenvalue weighted by atomic mass is 10.3. The molecule has 15 heavy (non-hydrogen) atoms. The van der Waals surface area contributed by atoms with Crippen molar-refractivity contribution in [1.29, 1.82) is 0 Å².